The minimum atomic E-state index is -4.42. The summed E-state index contributed by atoms with van der Waals surface area (Å²) in [6.07, 6.45) is -0.751. The second-order valence-corrected chi connectivity index (χ2v) is 5.87. The lowest BCUT2D eigenvalue weighted by Crippen LogP contribution is -2.30. The van der Waals surface area contributed by atoms with Crippen LogP contribution in [0.15, 0.2) is 18.2 Å². The van der Waals surface area contributed by atoms with E-state index in [2.05, 4.69) is 0 Å². The van der Waals surface area contributed by atoms with Crippen LogP contribution < -0.4 is 4.90 Å². The maximum absolute atomic E-state index is 11.0. The number of benzene rings is 1. The molecule has 0 radical (unpaired) electrons. The summed E-state index contributed by atoms with van der Waals surface area (Å²) in [5.74, 6) is -1.24. The van der Waals surface area contributed by atoms with Crippen LogP contribution in [0.25, 0.3) is 0 Å². The number of hydrogen-bond acceptors (Lipinski definition) is 3. The van der Waals surface area contributed by atoms with Crippen LogP contribution >= 0.6 is 30.8 Å². The zero-order chi connectivity index (χ0) is 13.9. The summed E-state index contributed by atoms with van der Waals surface area (Å²) >= 11 is 11.6. The number of carboxylic acid groups (broad SMARTS) is 1. The van der Waals surface area contributed by atoms with Gasteiger partial charge in [-0.25, -0.2) is 0 Å². The van der Waals surface area contributed by atoms with Crippen molar-refractivity contribution in [1.29, 1.82) is 0 Å². The first-order valence-corrected chi connectivity index (χ1v) is 7.21. The van der Waals surface area contributed by atoms with Gasteiger partial charge in [0.15, 0.2) is 0 Å². The largest absolute Gasteiger partial charge is 0.480 e. The predicted molar refractivity (Wildman–Crippen MR) is 68.4 cm³/mol. The van der Waals surface area contributed by atoms with E-state index in [1.165, 1.54) is 18.2 Å². The smallest absolute Gasteiger partial charge is 0.344 e. The second kappa shape index (κ2) is 5.91. The lowest BCUT2D eigenvalue weighted by atomic mass is 10.3. The highest BCUT2D eigenvalue weighted by atomic mass is 35.5. The van der Waals surface area contributed by atoms with Crippen molar-refractivity contribution >= 4 is 42.5 Å². The van der Waals surface area contributed by atoms with Crippen LogP contribution in [0.2, 0.25) is 10.0 Å². The SMILES string of the molecule is O=C(O)CN(CP(=O)(O)O)c1cccc(Cl)c1Cl. The molecule has 0 amide bonds. The minimum absolute atomic E-state index is 0.0499. The molecule has 3 N–H and O–H groups in total. The number of carbonyl (C=O) groups is 1. The molecule has 0 aromatic heterocycles. The van der Waals surface area contributed by atoms with Gasteiger partial charge in [0.25, 0.3) is 0 Å². The molecule has 0 heterocycles. The van der Waals surface area contributed by atoms with Gasteiger partial charge in [-0.1, -0.05) is 29.3 Å². The Kier molecular flexibility index (Phi) is 5.01. The molecule has 100 valence electrons. The first-order valence-electron chi connectivity index (χ1n) is 4.66. The van der Waals surface area contributed by atoms with Gasteiger partial charge in [-0.05, 0) is 12.1 Å². The van der Waals surface area contributed by atoms with Gasteiger partial charge in [-0.3, -0.25) is 9.36 Å². The quantitative estimate of drug-likeness (QED) is 0.719. The molecule has 0 saturated carbocycles. The van der Waals surface area contributed by atoms with Gasteiger partial charge in [0, 0.05) is 0 Å². The van der Waals surface area contributed by atoms with Gasteiger partial charge in [-0.15, -0.1) is 0 Å². The second-order valence-electron chi connectivity index (χ2n) is 3.47. The molecule has 0 aliphatic rings. The van der Waals surface area contributed by atoms with Crippen molar-refractivity contribution in [3.63, 3.8) is 0 Å². The Morgan fingerprint density at radius 2 is 1.94 bits per heavy atom. The van der Waals surface area contributed by atoms with Crippen LogP contribution in [0.1, 0.15) is 0 Å². The van der Waals surface area contributed by atoms with Gasteiger partial charge < -0.3 is 19.8 Å². The third kappa shape index (κ3) is 4.48. The molecule has 1 rings (SSSR count). The molecule has 0 spiro atoms. The first kappa shape index (κ1) is 15.3. The molecular formula is C9H10Cl2NO5P. The molecule has 0 fully saturated rings. The molecular weight excluding hydrogens is 304 g/mol. The van der Waals surface area contributed by atoms with E-state index in [-0.39, 0.29) is 15.7 Å². The normalized spacial score (nSPS) is 11.3. The van der Waals surface area contributed by atoms with Crippen molar-refractivity contribution in [1.82, 2.24) is 0 Å². The lowest BCUT2D eigenvalue weighted by molar-refractivity contribution is -0.135. The number of rotatable bonds is 5. The lowest BCUT2D eigenvalue weighted by Gasteiger charge is -2.24. The minimum Gasteiger partial charge on any atom is -0.480 e. The van der Waals surface area contributed by atoms with Gasteiger partial charge in [0.1, 0.15) is 12.8 Å². The molecule has 1 aromatic rings. The Balaban J connectivity index is 3.13. The zero-order valence-electron chi connectivity index (χ0n) is 8.95. The summed E-state index contributed by atoms with van der Waals surface area (Å²) < 4.78 is 11.0. The number of hydrogen-bond donors (Lipinski definition) is 3. The van der Waals surface area contributed by atoms with Gasteiger partial charge in [0.05, 0.1) is 15.7 Å². The summed E-state index contributed by atoms with van der Waals surface area (Å²) in [7, 11) is -4.42. The summed E-state index contributed by atoms with van der Waals surface area (Å²) in [6.45, 7) is -0.592. The molecule has 6 nitrogen and oxygen atoms in total. The van der Waals surface area contributed by atoms with E-state index in [0.29, 0.717) is 0 Å². The number of nitrogens with zero attached hydrogens (tertiary/aromatic N) is 1. The van der Waals surface area contributed by atoms with E-state index in [0.717, 1.165) is 4.90 Å². The van der Waals surface area contributed by atoms with Gasteiger partial charge >= 0.3 is 13.6 Å². The van der Waals surface area contributed by atoms with Crippen molar-refractivity contribution in [3.8, 4) is 0 Å². The van der Waals surface area contributed by atoms with Crippen LogP contribution in [0.5, 0.6) is 0 Å². The van der Waals surface area contributed by atoms with Crippen LogP contribution in [0, 0.1) is 0 Å². The Bertz CT molecular complexity index is 504. The summed E-state index contributed by atoms with van der Waals surface area (Å²) in [5.41, 5.74) is 0.162. The fourth-order valence-corrected chi connectivity index (χ4v) is 2.45. The van der Waals surface area contributed by atoms with Crippen molar-refractivity contribution in [2.24, 2.45) is 0 Å². The average molecular weight is 314 g/mol. The monoisotopic (exact) mass is 313 g/mol. The third-order valence-electron chi connectivity index (χ3n) is 1.95. The molecule has 9 heteroatoms. The van der Waals surface area contributed by atoms with Crippen LogP contribution in [-0.2, 0) is 9.36 Å². The Labute approximate surface area is 113 Å². The molecule has 18 heavy (non-hydrogen) atoms. The summed E-state index contributed by atoms with van der Waals surface area (Å²) in [4.78, 5) is 29.5. The first-order chi connectivity index (χ1) is 8.20. The molecule has 0 aliphatic carbocycles. The Hall–Kier alpha value is -0.780. The summed E-state index contributed by atoms with van der Waals surface area (Å²) in [6, 6.07) is 4.44. The van der Waals surface area contributed by atoms with Crippen molar-refractivity contribution in [2.45, 2.75) is 0 Å². The standard InChI is InChI=1S/C9H10Cl2NO5P/c10-6-2-1-3-7(9(6)11)12(4-8(13)14)5-18(15,16)17/h1-3H,4-5H2,(H,13,14)(H2,15,16,17). The molecule has 0 aliphatic heterocycles. The fraction of sp³-hybridized carbons (Fsp3) is 0.222. The summed E-state index contributed by atoms with van der Waals surface area (Å²) in [5, 5.41) is 8.96. The maximum atomic E-state index is 11.0. The number of aliphatic carboxylic acids is 1. The van der Waals surface area contributed by atoms with Crippen molar-refractivity contribution in [3.05, 3.63) is 28.2 Å². The maximum Gasteiger partial charge on any atom is 0.344 e. The van der Waals surface area contributed by atoms with Crippen molar-refractivity contribution in [2.75, 3.05) is 17.7 Å². The molecule has 1 aromatic carbocycles. The Morgan fingerprint density at radius 3 is 2.44 bits per heavy atom. The van der Waals surface area contributed by atoms with E-state index in [1.54, 1.807) is 0 Å². The van der Waals surface area contributed by atoms with Crippen LogP contribution in [-0.4, -0.2) is 33.7 Å². The van der Waals surface area contributed by atoms with E-state index in [9.17, 15) is 9.36 Å². The molecule has 0 saturated heterocycles. The molecule has 0 bridgehead atoms. The van der Waals surface area contributed by atoms with E-state index in [1.807, 2.05) is 0 Å². The zero-order valence-corrected chi connectivity index (χ0v) is 11.4. The number of halogens is 2. The van der Waals surface area contributed by atoms with E-state index < -0.39 is 26.4 Å². The molecule has 0 unspecified atom stereocenters. The number of carboxylic acids is 1. The van der Waals surface area contributed by atoms with Crippen LogP contribution in [0.4, 0.5) is 5.69 Å². The van der Waals surface area contributed by atoms with E-state index >= 15 is 0 Å². The predicted octanol–water partition coefficient (Wildman–Crippen LogP) is 2.02. The Morgan fingerprint density at radius 1 is 1.33 bits per heavy atom. The third-order valence-corrected chi connectivity index (χ3v) is 3.47. The topological polar surface area (TPSA) is 98.1 Å². The van der Waals surface area contributed by atoms with Gasteiger partial charge in [0.2, 0.25) is 0 Å². The van der Waals surface area contributed by atoms with E-state index in [4.69, 9.17) is 38.1 Å². The highest BCUT2D eigenvalue weighted by Crippen LogP contribution is 2.40. The van der Waals surface area contributed by atoms with Crippen molar-refractivity contribution < 1.29 is 24.3 Å². The average Bonchev–Trinajstić information content (AvgIpc) is 2.18. The highest BCUT2D eigenvalue weighted by molar-refractivity contribution is 7.51. The van der Waals surface area contributed by atoms with Crippen LogP contribution in [0.3, 0.4) is 0 Å². The highest BCUT2D eigenvalue weighted by Gasteiger charge is 2.23. The number of anilines is 1. The van der Waals surface area contributed by atoms with Gasteiger partial charge in [-0.2, -0.15) is 0 Å². The fourth-order valence-electron chi connectivity index (χ4n) is 1.33. The molecule has 0 atom stereocenters.